The summed E-state index contributed by atoms with van der Waals surface area (Å²) in [6.45, 7) is 4.75. The van der Waals surface area contributed by atoms with Gasteiger partial charge in [-0.2, -0.15) is 0 Å². The molecule has 0 aliphatic carbocycles. The van der Waals surface area contributed by atoms with Crippen molar-refractivity contribution in [2.45, 2.75) is 57.1 Å². The van der Waals surface area contributed by atoms with Crippen LogP contribution in [0.4, 0.5) is 0 Å². The van der Waals surface area contributed by atoms with Crippen molar-refractivity contribution >= 4 is 17.6 Å². The summed E-state index contributed by atoms with van der Waals surface area (Å²) in [5.74, 6) is -2.45. The number of fused-ring (bicyclic) bond motifs is 2. The molecule has 0 amide bonds. The molecule has 0 aromatic heterocycles. The molecule has 2 saturated heterocycles. The quantitative estimate of drug-likeness (QED) is 0.178. The van der Waals surface area contributed by atoms with Crippen LogP contribution in [0.15, 0.2) is 103 Å². The number of hydrogen-bond donors (Lipinski definition) is 1. The molecule has 2 aliphatic heterocycles. The Morgan fingerprint density at radius 1 is 0.889 bits per heavy atom. The Hall–Kier alpha value is -3.72. The first kappa shape index (κ1) is 31.3. The second-order valence-electron chi connectivity index (χ2n) is 11.6. The van der Waals surface area contributed by atoms with E-state index in [0.717, 1.165) is 28.0 Å². The summed E-state index contributed by atoms with van der Waals surface area (Å²) in [5.41, 5.74) is 2.80. The van der Waals surface area contributed by atoms with Gasteiger partial charge in [-0.25, -0.2) is 4.79 Å². The normalized spacial score (nSPS) is 25.6. The van der Waals surface area contributed by atoms with Gasteiger partial charge in [0.15, 0.2) is 5.60 Å². The summed E-state index contributed by atoms with van der Waals surface area (Å²) in [6.07, 6.45) is -0.934. The van der Waals surface area contributed by atoms with E-state index >= 15 is 0 Å². The van der Waals surface area contributed by atoms with E-state index in [1.165, 1.54) is 0 Å². The predicted octanol–water partition coefficient (Wildman–Crippen LogP) is 7.17. The third kappa shape index (κ3) is 6.24. The molecule has 2 fully saturated rings. The van der Waals surface area contributed by atoms with Crippen LogP contribution < -0.4 is 4.74 Å². The molecule has 2 bridgehead atoms. The van der Waals surface area contributed by atoms with Gasteiger partial charge >= 0.3 is 5.97 Å². The van der Waals surface area contributed by atoms with E-state index in [9.17, 15) is 9.90 Å². The second kappa shape index (κ2) is 13.3. The summed E-state index contributed by atoms with van der Waals surface area (Å²) < 4.78 is 31.9. The summed E-state index contributed by atoms with van der Waals surface area (Å²) in [7, 11) is 0. The molecule has 8 heteroatoms. The number of ether oxygens (including phenoxy) is 5. The van der Waals surface area contributed by atoms with E-state index in [1.807, 2.05) is 111 Å². The van der Waals surface area contributed by atoms with E-state index in [0.29, 0.717) is 23.6 Å². The molecular weight excluding hydrogens is 592 g/mol. The van der Waals surface area contributed by atoms with Crippen LogP contribution in [0.25, 0.3) is 0 Å². The number of rotatable bonds is 12. The fourth-order valence-electron chi connectivity index (χ4n) is 6.24. The summed E-state index contributed by atoms with van der Waals surface area (Å²) in [6, 6.07) is 33.0. The first-order valence-electron chi connectivity index (χ1n) is 15.2. The van der Waals surface area contributed by atoms with Gasteiger partial charge in [0.05, 0.1) is 32.5 Å². The van der Waals surface area contributed by atoms with E-state index in [4.69, 9.17) is 35.3 Å². The number of carbonyl (C=O) groups is 1. The predicted molar refractivity (Wildman–Crippen MR) is 170 cm³/mol. The van der Waals surface area contributed by atoms with Crippen LogP contribution in [-0.2, 0) is 49.2 Å². The van der Waals surface area contributed by atoms with Crippen LogP contribution >= 0.6 is 11.6 Å². The molecule has 0 radical (unpaired) electrons. The summed E-state index contributed by atoms with van der Waals surface area (Å²) >= 11 is 6.73. The Morgan fingerprint density at radius 3 is 2.16 bits per heavy atom. The lowest BCUT2D eigenvalue weighted by molar-refractivity contribution is -0.330. The highest BCUT2D eigenvalue weighted by atomic mass is 35.5. The standard InChI is InChI=1S/C37H37ClO7/c1-3-41-31-17-14-26(15-18-31)20-29-21-30(16-19-32(29)38)37-34(43-23-28-12-8-5-9-13-28)33(42-22-27-10-6-4-7-11-27)25(2)36(45-37,24-44-37)35(39)40/h4-19,21,25,33-34H,3,20,22-24H2,1-2H3,(H,39,40)/t25-,33-,34+,36-,37-/m0/s1. The number of benzene rings is 4. The lowest BCUT2D eigenvalue weighted by Gasteiger charge is -2.49. The highest BCUT2D eigenvalue weighted by molar-refractivity contribution is 6.31. The number of carboxylic acids is 1. The molecule has 6 rings (SSSR count). The highest BCUT2D eigenvalue weighted by Gasteiger charge is 2.70. The lowest BCUT2D eigenvalue weighted by atomic mass is 9.77. The minimum Gasteiger partial charge on any atom is -0.494 e. The van der Waals surface area contributed by atoms with E-state index in [-0.39, 0.29) is 19.8 Å². The Labute approximate surface area is 268 Å². The molecule has 0 spiro atoms. The summed E-state index contributed by atoms with van der Waals surface area (Å²) in [5, 5.41) is 11.1. The van der Waals surface area contributed by atoms with Crippen molar-refractivity contribution in [3.05, 3.63) is 136 Å². The molecule has 7 nitrogen and oxygen atoms in total. The smallest absolute Gasteiger partial charge is 0.338 e. The maximum atomic E-state index is 12.9. The average Bonchev–Trinajstić information content (AvgIpc) is 3.44. The van der Waals surface area contributed by atoms with Crippen molar-refractivity contribution < 1.29 is 33.6 Å². The van der Waals surface area contributed by atoms with Gasteiger partial charge in [0.25, 0.3) is 0 Å². The van der Waals surface area contributed by atoms with Gasteiger partial charge in [0.2, 0.25) is 5.79 Å². The summed E-state index contributed by atoms with van der Waals surface area (Å²) in [4.78, 5) is 12.9. The number of aliphatic carboxylic acids is 1. The molecule has 234 valence electrons. The number of halogens is 1. The van der Waals surface area contributed by atoms with Gasteiger partial charge in [-0.3, -0.25) is 0 Å². The van der Waals surface area contributed by atoms with E-state index < -0.39 is 35.5 Å². The number of carboxylic acid groups (broad SMARTS) is 1. The first-order valence-corrected chi connectivity index (χ1v) is 15.6. The van der Waals surface area contributed by atoms with Crippen LogP contribution in [0.3, 0.4) is 0 Å². The lowest BCUT2D eigenvalue weighted by Crippen LogP contribution is -2.64. The van der Waals surface area contributed by atoms with Gasteiger partial charge in [-0.1, -0.05) is 97.4 Å². The zero-order valence-electron chi connectivity index (χ0n) is 25.4. The molecule has 45 heavy (non-hydrogen) atoms. The van der Waals surface area contributed by atoms with Gasteiger partial charge in [-0.05, 0) is 59.9 Å². The molecule has 0 unspecified atom stereocenters. The van der Waals surface area contributed by atoms with Gasteiger partial charge < -0.3 is 28.8 Å². The second-order valence-corrected chi connectivity index (χ2v) is 12.0. The van der Waals surface area contributed by atoms with Crippen molar-refractivity contribution in [1.82, 2.24) is 0 Å². The zero-order valence-corrected chi connectivity index (χ0v) is 26.1. The van der Waals surface area contributed by atoms with Gasteiger partial charge in [-0.15, -0.1) is 0 Å². The Balaban J connectivity index is 1.39. The van der Waals surface area contributed by atoms with Crippen LogP contribution in [0, 0.1) is 5.92 Å². The Morgan fingerprint density at radius 2 is 1.53 bits per heavy atom. The molecule has 4 aromatic carbocycles. The number of hydrogen-bond acceptors (Lipinski definition) is 6. The maximum Gasteiger partial charge on any atom is 0.338 e. The minimum absolute atomic E-state index is 0.156. The maximum absolute atomic E-state index is 12.9. The van der Waals surface area contributed by atoms with Crippen LogP contribution in [-0.4, -0.2) is 42.1 Å². The molecule has 2 heterocycles. The topological polar surface area (TPSA) is 83.5 Å². The molecule has 4 aromatic rings. The zero-order chi connectivity index (χ0) is 31.4. The van der Waals surface area contributed by atoms with E-state index in [2.05, 4.69) is 0 Å². The monoisotopic (exact) mass is 628 g/mol. The SMILES string of the molecule is CCOc1ccc(Cc2cc([C@]34OC[C@](C(=O)O)(O3)[C@@H](C)[C@H](OCc3ccccc3)[C@H]4OCc3ccccc3)ccc2Cl)cc1. The van der Waals surface area contributed by atoms with Gasteiger partial charge in [0, 0.05) is 16.5 Å². The minimum atomic E-state index is -1.64. The van der Waals surface area contributed by atoms with Crippen LogP contribution in [0.1, 0.15) is 41.7 Å². The van der Waals surface area contributed by atoms with E-state index in [1.54, 1.807) is 6.07 Å². The van der Waals surface area contributed by atoms with Crippen LogP contribution in [0.5, 0.6) is 5.75 Å². The van der Waals surface area contributed by atoms with Crippen molar-refractivity contribution in [3.63, 3.8) is 0 Å². The van der Waals surface area contributed by atoms with Crippen molar-refractivity contribution in [1.29, 1.82) is 0 Å². The van der Waals surface area contributed by atoms with Crippen molar-refractivity contribution in [2.75, 3.05) is 13.2 Å². The average molecular weight is 629 g/mol. The first-order chi connectivity index (χ1) is 21.8. The third-order valence-electron chi connectivity index (χ3n) is 8.73. The molecule has 1 N–H and O–H groups in total. The van der Waals surface area contributed by atoms with Crippen molar-refractivity contribution in [2.24, 2.45) is 5.92 Å². The van der Waals surface area contributed by atoms with Crippen molar-refractivity contribution in [3.8, 4) is 5.75 Å². The highest BCUT2D eigenvalue weighted by Crippen LogP contribution is 2.54. The Kier molecular flexibility index (Phi) is 9.26. The fraction of sp³-hybridized carbons (Fsp3) is 0.324. The molecular formula is C37H37ClO7. The molecule has 5 atom stereocenters. The fourth-order valence-corrected chi connectivity index (χ4v) is 6.42. The molecule has 2 aliphatic rings. The third-order valence-corrected chi connectivity index (χ3v) is 9.10. The van der Waals surface area contributed by atoms with Gasteiger partial charge in [0.1, 0.15) is 11.9 Å². The Bertz CT molecular complexity index is 1600. The van der Waals surface area contributed by atoms with Crippen LogP contribution in [0.2, 0.25) is 5.02 Å². The largest absolute Gasteiger partial charge is 0.494 e. The molecule has 0 saturated carbocycles.